The van der Waals surface area contributed by atoms with Crippen molar-refractivity contribution >= 4 is 18.3 Å². The highest BCUT2D eigenvalue weighted by Crippen LogP contribution is 2.35. The van der Waals surface area contributed by atoms with Crippen LogP contribution in [0.4, 0.5) is 0 Å². The van der Waals surface area contributed by atoms with E-state index in [9.17, 15) is 4.79 Å². The molecule has 0 heterocycles. The van der Waals surface area contributed by atoms with E-state index in [0.717, 1.165) is 32.1 Å². The Morgan fingerprint density at radius 1 is 1.18 bits per heavy atom. The molecule has 2 saturated carbocycles. The standard InChI is InChI=1S/C18H26N2O.ClH/c19-18(11-5-2-6-12-18)17(21)20-16(15-9-10-15)13-14-7-3-1-4-8-14;/h1,3-4,7-8,15-16H,2,5-6,9-13,19H2,(H,20,21);1H. The molecule has 122 valence electrons. The van der Waals surface area contributed by atoms with Crippen molar-refractivity contribution in [1.82, 2.24) is 5.32 Å². The number of hydrogen-bond donors (Lipinski definition) is 2. The van der Waals surface area contributed by atoms with Crippen LogP contribution in [0.5, 0.6) is 0 Å². The summed E-state index contributed by atoms with van der Waals surface area (Å²) in [5.41, 5.74) is 7.03. The van der Waals surface area contributed by atoms with E-state index in [4.69, 9.17) is 5.73 Å². The van der Waals surface area contributed by atoms with Crippen molar-refractivity contribution in [1.29, 1.82) is 0 Å². The minimum atomic E-state index is -0.623. The first kappa shape index (κ1) is 17.3. The largest absolute Gasteiger partial charge is 0.351 e. The molecule has 0 bridgehead atoms. The Hall–Kier alpha value is -1.06. The fraction of sp³-hybridized carbons (Fsp3) is 0.611. The molecule has 2 aliphatic carbocycles. The van der Waals surface area contributed by atoms with Crippen LogP contribution < -0.4 is 11.1 Å². The maximum absolute atomic E-state index is 12.6. The van der Waals surface area contributed by atoms with Crippen molar-refractivity contribution in [3.05, 3.63) is 35.9 Å². The van der Waals surface area contributed by atoms with Crippen molar-refractivity contribution < 1.29 is 4.79 Å². The van der Waals surface area contributed by atoms with Crippen LogP contribution in [0, 0.1) is 5.92 Å². The molecule has 2 fully saturated rings. The lowest BCUT2D eigenvalue weighted by Crippen LogP contribution is -2.57. The summed E-state index contributed by atoms with van der Waals surface area (Å²) in [6, 6.07) is 10.7. The van der Waals surface area contributed by atoms with Gasteiger partial charge in [0.15, 0.2) is 0 Å². The van der Waals surface area contributed by atoms with Crippen molar-refractivity contribution in [3.8, 4) is 0 Å². The van der Waals surface area contributed by atoms with Gasteiger partial charge >= 0.3 is 0 Å². The quantitative estimate of drug-likeness (QED) is 0.874. The summed E-state index contributed by atoms with van der Waals surface area (Å²) in [7, 11) is 0. The molecular weight excluding hydrogens is 296 g/mol. The second kappa shape index (κ2) is 7.47. The van der Waals surface area contributed by atoms with Gasteiger partial charge in [-0.1, -0.05) is 49.6 Å². The average Bonchev–Trinajstić information content (AvgIpc) is 3.33. The molecule has 0 spiro atoms. The van der Waals surface area contributed by atoms with Crippen LogP contribution in [0.15, 0.2) is 30.3 Å². The summed E-state index contributed by atoms with van der Waals surface area (Å²) in [6.45, 7) is 0. The minimum absolute atomic E-state index is 0. The lowest BCUT2D eigenvalue weighted by molar-refractivity contribution is -0.128. The first-order valence-corrected chi connectivity index (χ1v) is 8.31. The molecule has 2 aliphatic rings. The third kappa shape index (κ3) is 4.23. The van der Waals surface area contributed by atoms with E-state index >= 15 is 0 Å². The minimum Gasteiger partial charge on any atom is -0.351 e. The number of nitrogens with one attached hydrogen (secondary N) is 1. The summed E-state index contributed by atoms with van der Waals surface area (Å²) in [6.07, 6.45) is 8.43. The van der Waals surface area contributed by atoms with Gasteiger partial charge in [0.1, 0.15) is 0 Å². The lowest BCUT2D eigenvalue weighted by Gasteiger charge is -2.33. The number of benzene rings is 1. The topological polar surface area (TPSA) is 55.1 Å². The van der Waals surface area contributed by atoms with Crippen LogP contribution in [0.3, 0.4) is 0 Å². The highest BCUT2D eigenvalue weighted by molar-refractivity contribution is 5.86. The van der Waals surface area contributed by atoms with Crippen molar-refractivity contribution in [3.63, 3.8) is 0 Å². The Balaban J connectivity index is 0.00000176. The maximum atomic E-state index is 12.6. The van der Waals surface area contributed by atoms with Crippen LogP contribution in [-0.2, 0) is 11.2 Å². The van der Waals surface area contributed by atoms with Crippen LogP contribution in [0.25, 0.3) is 0 Å². The Morgan fingerprint density at radius 2 is 1.82 bits per heavy atom. The zero-order chi connectivity index (χ0) is 14.7. The summed E-state index contributed by atoms with van der Waals surface area (Å²) < 4.78 is 0. The Kier molecular flexibility index (Phi) is 5.87. The smallest absolute Gasteiger partial charge is 0.240 e. The van der Waals surface area contributed by atoms with Gasteiger partial charge in [-0.05, 0) is 43.6 Å². The molecule has 22 heavy (non-hydrogen) atoms. The fourth-order valence-corrected chi connectivity index (χ4v) is 3.42. The first-order valence-electron chi connectivity index (χ1n) is 8.31. The number of halogens is 1. The number of hydrogen-bond acceptors (Lipinski definition) is 2. The summed E-state index contributed by atoms with van der Waals surface area (Å²) in [4.78, 5) is 12.6. The molecule has 1 amide bonds. The van der Waals surface area contributed by atoms with Crippen molar-refractivity contribution in [2.45, 2.75) is 62.9 Å². The molecule has 3 rings (SSSR count). The SMILES string of the molecule is Cl.NC1(C(=O)NC(Cc2ccccc2)C2CC2)CCCCC1. The molecule has 1 atom stereocenters. The summed E-state index contributed by atoms with van der Waals surface area (Å²) in [5.74, 6) is 0.719. The van der Waals surface area contributed by atoms with Gasteiger partial charge in [0.05, 0.1) is 5.54 Å². The Morgan fingerprint density at radius 3 is 2.41 bits per heavy atom. The zero-order valence-corrected chi connectivity index (χ0v) is 13.9. The van der Waals surface area contributed by atoms with Crippen LogP contribution in [0.1, 0.15) is 50.5 Å². The maximum Gasteiger partial charge on any atom is 0.240 e. The highest BCUT2D eigenvalue weighted by atomic mass is 35.5. The highest BCUT2D eigenvalue weighted by Gasteiger charge is 2.39. The van der Waals surface area contributed by atoms with Gasteiger partial charge in [0, 0.05) is 6.04 Å². The summed E-state index contributed by atoms with van der Waals surface area (Å²) in [5, 5.41) is 3.27. The van der Waals surface area contributed by atoms with Gasteiger partial charge in [0.25, 0.3) is 0 Å². The predicted molar refractivity (Wildman–Crippen MR) is 92.1 cm³/mol. The van der Waals surface area contributed by atoms with Crippen molar-refractivity contribution in [2.24, 2.45) is 11.7 Å². The normalized spacial score (nSPS) is 21.5. The molecule has 1 aromatic carbocycles. The molecule has 0 aliphatic heterocycles. The van der Waals surface area contributed by atoms with E-state index in [2.05, 4.69) is 29.6 Å². The molecule has 0 radical (unpaired) electrons. The number of rotatable bonds is 5. The van der Waals surface area contributed by atoms with E-state index in [0.29, 0.717) is 5.92 Å². The molecule has 1 unspecified atom stereocenters. The molecule has 3 nitrogen and oxygen atoms in total. The van der Waals surface area contributed by atoms with Gasteiger partial charge in [0.2, 0.25) is 5.91 Å². The Bertz CT molecular complexity index is 481. The fourth-order valence-electron chi connectivity index (χ4n) is 3.42. The van der Waals surface area contributed by atoms with Crippen LogP contribution in [-0.4, -0.2) is 17.5 Å². The van der Waals surface area contributed by atoms with E-state index < -0.39 is 5.54 Å². The van der Waals surface area contributed by atoms with Gasteiger partial charge in [-0.25, -0.2) is 0 Å². The van der Waals surface area contributed by atoms with E-state index in [1.165, 1.54) is 24.8 Å². The monoisotopic (exact) mass is 322 g/mol. The number of carbonyl (C=O) groups is 1. The second-order valence-corrected chi connectivity index (χ2v) is 6.82. The molecule has 0 aromatic heterocycles. The van der Waals surface area contributed by atoms with E-state index in [1.54, 1.807) is 0 Å². The number of amides is 1. The van der Waals surface area contributed by atoms with Gasteiger partial charge in [-0.2, -0.15) is 0 Å². The van der Waals surface area contributed by atoms with E-state index in [1.807, 2.05) is 6.07 Å². The molecule has 0 saturated heterocycles. The first-order chi connectivity index (χ1) is 10.2. The second-order valence-electron chi connectivity index (χ2n) is 6.82. The summed E-state index contributed by atoms with van der Waals surface area (Å²) >= 11 is 0. The Labute approximate surface area is 139 Å². The van der Waals surface area contributed by atoms with Gasteiger partial charge in [-0.3, -0.25) is 4.79 Å². The molecule has 1 aromatic rings. The zero-order valence-electron chi connectivity index (χ0n) is 13.1. The number of nitrogens with two attached hydrogens (primary N) is 1. The molecule has 4 heteroatoms. The van der Waals surface area contributed by atoms with Crippen molar-refractivity contribution in [2.75, 3.05) is 0 Å². The third-order valence-electron chi connectivity index (χ3n) is 5.00. The third-order valence-corrected chi connectivity index (χ3v) is 5.00. The van der Waals surface area contributed by atoms with E-state index in [-0.39, 0.29) is 24.4 Å². The van der Waals surface area contributed by atoms with Gasteiger partial charge < -0.3 is 11.1 Å². The van der Waals surface area contributed by atoms with Crippen LogP contribution >= 0.6 is 12.4 Å². The predicted octanol–water partition coefficient (Wildman–Crippen LogP) is 3.21. The average molecular weight is 323 g/mol. The van der Waals surface area contributed by atoms with Gasteiger partial charge in [-0.15, -0.1) is 12.4 Å². The van der Waals surface area contributed by atoms with Crippen LogP contribution in [0.2, 0.25) is 0 Å². The molecule has 3 N–H and O–H groups in total. The lowest BCUT2D eigenvalue weighted by atomic mass is 9.81. The molecular formula is C18H27ClN2O. The number of carbonyl (C=O) groups excluding carboxylic acids is 1.